The molecular formula is C22H18FN5O. The van der Waals surface area contributed by atoms with Gasteiger partial charge in [0.25, 0.3) is 0 Å². The maximum atomic E-state index is 13.1. The third-order valence-corrected chi connectivity index (χ3v) is 4.42. The molecule has 6 nitrogen and oxygen atoms in total. The minimum Gasteiger partial charge on any atom is -0.350 e. The van der Waals surface area contributed by atoms with Crippen molar-refractivity contribution in [3.63, 3.8) is 0 Å². The molecule has 4 rings (SSSR count). The average Bonchev–Trinajstić information content (AvgIpc) is 3.22. The summed E-state index contributed by atoms with van der Waals surface area (Å²) in [7, 11) is 0. The molecule has 144 valence electrons. The van der Waals surface area contributed by atoms with Crippen LogP contribution in [-0.2, 0) is 17.9 Å². The number of nitrogens with one attached hydrogen (secondary N) is 1. The zero-order valence-corrected chi connectivity index (χ0v) is 15.5. The lowest BCUT2D eigenvalue weighted by molar-refractivity contribution is -0.122. The highest BCUT2D eigenvalue weighted by atomic mass is 19.1. The van der Waals surface area contributed by atoms with E-state index in [1.165, 1.54) is 12.1 Å². The number of amides is 1. The number of benzene rings is 1. The van der Waals surface area contributed by atoms with Gasteiger partial charge in [0, 0.05) is 42.5 Å². The van der Waals surface area contributed by atoms with Crippen molar-refractivity contribution >= 4 is 5.91 Å². The Hall–Kier alpha value is -3.87. The smallest absolute Gasteiger partial charge is 0.241 e. The molecule has 29 heavy (non-hydrogen) atoms. The van der Waals surface area contributed by atoms with E-state index in [9.17, 15) is 9.18 Å². The lowest BCUT2D eigenvalue weighted by Crippen LogP contribution is -2.27. The molecular weight excluding hydrogens is 369 g/mol. The fraction of sp³-hybridized carbons (Fsp3) is 0.0909. The van der Waals surface area contributed by atoms with Crippen LogP contribution in [0.25, 0.3) is 22.4 Å². The minimum atomic E-state index is -0.290. The number of rotatable bonds is 6. The molecule has 1 amide bonds. The van der Waals surface area contributed by atoms with Crippen LogP contribution in [0.3, 0.4) is 0 Å². The van der Waals surface area contributed by atoms with Crippen LogP contribution in [-0.4, -0.2) is 25.7 Å². The van der Waals surface area contributed by atoms with E-state index in [4.69, 9.17) is 0 Å². The molecule has 0 unspecified atom stereocenters. The SMILES string of the molecule is O=C(Cn1cc(-c2ccc(F)cc2)cn1)NCc1cccnc1-c1cccnc1. The highest BCUT2D eigenvalue weighted by Crippen LogP contribution is 2.20. The molecule has 0 atom stereocenters. The number of hydrogen-bond donors (Lipinski definition) is 1. The van der Waals surface area contributed by atoms with Gasteiger partial charge < -0.3 is 5.32 Å². The largest absolute Gasteiger partial charge is 0.350 e. The van der Waals surface area contributed by atoms with E-state index in [-0.39, 0.29) is 18.3 Å². The molecule has 3 aromatic heterocycles. The fourth-order valence-electron chi connectivity index (χ4n) is 2.98. The zero-order valence-electron chi connectivity index (χ0n) is 15.5. The van der Waals surface area contributed by atoms with E-state index in [0.717, 1.165) is 27.9 Å². The third kappa shape index (κ3) is 4.52. The van der Waals surface area contributed by atoms with Crippen molar-refractivity contribution < 1.29 is 9.18 Å². The van der Waals surface area contributed by atoms with Crippen LogP contribution in [0.2, 0.25) is 0 Å². The van der Waals surface area contributed by atoms with Gasteiger partial charge >= 0.3 is 0 Å². The first kappa shape index (κ1) is 18.5. The first-order valence-corrected chi connectivity index (χ1v) is 9.08. The molecule has 1 N–H and O–H groups in total. The summed E-state index contributed by atoms with van der Waals surface area (Å²) in [5.41, 5.74) is 4.26. The average molecular weight is 387 g/mol. The summed E-state index contributed by atoms with van der Waals surface area (Å²) in [6.07, 6.45) is 8.58. The Morgan fingerprint density at radius 3 is 2.59 bits per heavy atom. The van der Waals surface area contributed by atoms with Crippen molar-refractivity contribution in [3.8, 4) is 22.4 Å². The van der Waals surface area contributed by atoms with Crippen molar-refractivity contribution in [3.05, 3.63) is 90.9 Å². The van der Waals surface area contributed by atoms with E-state index >= 15 is 0 Å². The van der Waals surface area contributed by atoms with Gasteiger partial charge in [-0.3, -0.25) is 19.4 Å². The van der Waals surface area contributed by atoms with Gasteiger partial charge in [0.05, 0.1) is 11.9 Å². The predicted molar refractivity (Wildman–Crippen MR) is 107 cm³/mol. The monoisotopic (exact) mass is 387 g/mol. The predicted octanol–water partition coefficient (Wildman–Crippen LogP) is 3.46. The van der Waals surface area contributed by atoms with Gasteiger partial charge in [-0.2, -0.15) is 5.10 Å². The van der Waals surface area contributed by atoms with Crippen LogP contribution in [0, 0.1) is 5.82 Å². The van der Waals surface area contributed by atoms with Crippen LogP contribution in [0.1, 0.15) is 5.56 Å². The normalized spacial score (nSPS) is 10.7. The van der Waals surface area contributed by atoms with Gasteiger partial charge in [0.2, 0.25) is 5.91 Å². The number of aromatic nitrogens is 4. The van der Waals surface area contributed by atoms with Gasteiger partial charge in [-0.1, -0.05) is 18.2 Å². The Labute approximate surface area is 167 Å². The van der Waals surface area contributed by atoms with E-state index in [2.05, 4.69) is 20.4 Å². The Kier molecular flexibility index (Phi) is 5.38. The molecule has 1 aromatic carbocycles. The van der Waals surface area contributed by atoms with Crippen molar-refractivity contribution in [1.82, 2.24) is 25.1 Å². The van der Waals surface area contributed by atoms with Gasteiger partial charge in [0.15, 0.2) is 0 Å². The molecule has 0 saturated carbocycles. The Bertz CT molecular complexity index is 1110. The summed E-state index contributed by atoms with van der Waals surface area (Å²) in [4.78, 5) is 20.9. The second-order valence-corrected chi connectivity index (χ2v) is 6.46. The Morgan fingerprint density at radius 2 is 1.79 bits per heavy atom. The van der Waals surface area contributed by atoms with Crippen LogP contribution in [0.4, 0.5) is 4.39 Å². The second kappa shape index (κ2) is 8.43. The molecule has 0 spiro atoms. The lowest BCUT2D eigenvalue weighted by Gasteiger charge is -2.10. The summed E-state index contributed by atoms with van der Waals surface area (Å²) in [5, 5.41) is 7.12. The van der Waals surface area contributed by atoms with E-state index in [0.29, 0.717) is 6.54 Å². The van der Waals surface area contributed by atoms with Gasteiger partial charge in [-0.25, -0.2) is 4.39 Å². The first-order chi connectivity index (χ1) is 14.2. The molecule has 0 aliphatic carbocycles. The van der Waals surface area contributed by atoms with Crippen LogP contribution >= 0.6 is 0 Å². The van der Waals surface area contributed by atoms with E-state index < -0.39 is 0 Å². The van der Waals surface area contributed by atoms with Crippen molar-refractivity contribution in [2.24, 2.45) is 0 Å². The minimum absolute atomic E-state index is 0.0870. The number of pyridine rings is 2. The maximum absolute atomic E-state index is 13.1. The molecule has 0 bridgehead atoms. The van der Waals surface area contributed by atoms with Crippen LogP contribution in [0.5, 0.6) is 0 Å². The van der Waals surface area contributed by atoms with Crippen molar-refractivity contribution in [1.29, 1.82) is 0 Å². The van der Waals surface area contributed by atoms with Gasteiger partial charge in [0.1, 0.15) is 12.4 Å². The Balaban J connectivity index is 1.40. The summed E-state index contributed by atoms with van der Waals surface area (Å²) in [6.45, 7) is 0.437. The molecule has 7 heteroatoms. The maximum Gasteiger partial charge on any atom is 0.241 e. The second-order valence-electron chi connectivity index (χ2n) is 6.46. The number of carbonyl (C=O) groups excluding carboxylic acids is 1. The first-order valence-electron chi connectivity index (χ1n) is 9.08. The molecule has 0 aliphatic heterocycles. The molecule has 0 fully saturated rings. The summed E-state index contributed by atoms with van der Waals surface area (Å²) in [6, 6.07) is 13.7. The lowest BCUT2D eigenvalue weighted by atomic mass is 10.1. The highest BCUT2D eigenvalue weighted by molar-refractivity contribution is 5.76. The Morgan fingerprint density at radius 1 is 0.966 bits per heavy atom. The number of halogens is 1. The zero-order chi connectivity index (χ0) is 20.1. The van der Waals surface area contributed by atoms with Gasteiger partial charge in [-0.05, 0) is 41.5 Å². The summed E-state index contributed by atoms with van der Waals surface area (Å²) < 4.78 is 14.6. The topological polar surface area (TPSA) is 72.7 Å². The number of nitrogens with zero attached hydrogens (tertiary/aromatic N) is 4. The van der Waals surface area contributed by atoms with E-state index in [1.54, 1.807) is 47.8 Å². The standard InChI is InChI=1S/C22H18FN5O/c23-20-7-5-16(6-8-20)19-13-27-28(14-19)15-21(29)26-12-18-4-2-10-25-22(18)17-3-1-9-24-11-17/h1-11,13-14H,12,15H2,(H,26,29). The summed E-state index contributed by atoms with van der Waals surface area (Å²) >= 11 is 0. The van der Waals surface area contributed by atoms with Crippen molar-refractivity contribution in [2.45, 2.75) is 13.1 Å². The van der Waals surface area contributed by atoms with Crippen molar-refractivity contribution in [2.75, 3.05) is 0 Å². The molecule has 0 saturated heterocycles. The van der Waals surface area contributed by atoms with E-state index in [1.807, 2.05) is 24.3 Å². The molecule has 0 aliphatic rings. The number of hydrogen-bond acceptors (Lipinski definition) is 4. The quantitative estimate of drug-likeness (QED) is 0.550. The highest BCUT2D eigenvalue weighted by Gasteiger charge is 2.10. The fourth-order valence-corrected chi connectivity index (χ4v) is 2.98. The molecule has 4 aromatic rings. The molecule has 0 radical (unpaired) electrons. The van der Waals surface area contributed by atoms with Crippen LogP contribution in [0.15, 0.2) is 79.5 Å². The number of carbonyl (C=O) groups is 1. The van der Waals surface area contributed by atoms with Crippen LogP contribution < -0.4 is 5.32 Å². The summed E-state index contributed by atoms with van der Waals surface area (Å²) in [5.74, 6) is -0.457. The molecule has 3 heterocycles. The van der Waals surface area contributed by atoms with Gasteiger partial charge in [-0.15, -0.1) is 0 Å². The third-order valence-electron chi connectivity index (χ3n) is 4.42.